The molecule has 108 valence electrons. The summed E-state index contributed by atoms with van der Waals surface area (Å²) in [6.45, 7) is 7.25. The Balaban J connectivity index is 2.81. The van der Waals surface area contributed by atoms with E-state index in [0.717, 1.165) is 31.1 Å². The van der Waals surface area contributed by atoms with Crippen molar-refractivity contribution in [2.45, 2.75) is 19.3 Å². The van der Waals surface area contributed by atoms with Crippen LogP contribution in [-0.2, 0) is 5.41 Å². The van der Waals surface area contributed by atoms with Gasteiger partial charge in [-0.2, -0.15) is 0 Å². The van der Waals surface area contributed by atoms with Crippen LogP contribution in [0.4, 0.5) is 0 Å². The van der Waals surface area contributed by atoms with Crippen molar-refractivity contribution in [2.24, 2.45) is 0 Å². The van der Waals surface area contributed by atoms with Gasteiger partial charge in [-0.05, 0) is 13.1 Å². The Morgan fingerprint density at radius 1 is 1.11 bits per heavy atom. The largest absolute Gasteiger partial charge is 0.497 e. The van der Waals surface area contributed by atoms with Crippen LogP contribution in [0.5, 0.6) is 11.5 Å². The average molecular weight is 266 g/mol. The van der Waals surface area contributed by atoms with E-state index in [1.54, 1.807) is 14.2 Å². The summed E-state index contributed by atoms with van der Waals surface area (Å²) in [5.41, 5.74) is 1.19. The first-order valence-electron chi connectivity index (χ1n) is 6.63. The van der Waals surface area contributed by atoms with Gasteiger partial charge < -0.3 is 20.1 Å². The van der Waals surface area contributed by atoms with Crippen LogP contribution in [0.1, 0.15) is 19.4 Å². The maximum atomic E-state index is 5.48. The highest BCUT2D eigenvalue weighted by molar-refractivity contribution is 5.44. The lowest BCUT2D eigenvalue weighted by atomic mass is 9.84. The molecule has 19 heavy (non-hydrogen) atoms. The summed E-state index contributed by atoms with van der Waals surface area (Å²) in [5, 5.41) is 6.58. The molecule has 0 aliphatic heterocycles. The summed E-state index contributed by atoms with van der Waals surface area (Å²) in [4.78, 5) is 0. The van der Waals surface area contributed by atoms with Crippen LogP contribution in [-0.4, -0.2) is 40.9 Å². The molecular weight excluding hydrogens is 240 g/mol. The highest BCUT2D eigenvalue weighted by Gasteiger charge is 2.24. The number of rotatable bonds is 8. The van der Waals surface area contributed by atoms with Crippen LogP contribution < -0.4 is 20.1 Å². The molecular formula is C15H26N2O2. The number of hydrogen-bond donors (Lipinski definition) is 2. The van der Waals surface area contributed by atoms with Gasteiger partial charge in [0.15, 0.2) is 0 Å². The van der Waals surface area contributed by atoms with Gasteiger partial charge in [0.2, 0.25) is 0 Å². The molecule has 0 unspecified atom stereocenters. The van der Waals surface area contributed by atoms with Gasteiger partial charge in [-0.15, -0.1) is 0 Å². The van der Waals surface area contributed by atoms with E-state index < -0.39 is 0 Å². The van der Waals surface area contributed by atoms with Crippen LogP contribution in [0, 0.1) is 0 Å². The normalized spacial score (nSPS) is 11.4. The maximum Gasteiger partial charge on any atom is 0.126 e. The monoisotopic (exact) mass is 266 g/mol. The summed E-state index contributed by atoms with van der Waals surface area (Å²) in [7, 11) is 5.32. The predicted octanol–water partition coefficient (Wildman–Crippen LogP) is 1.79. The van der Waals surface area contributed by atoms with E-state index in [-0.39, 0.29) is 5.41 Å². The Bertz CT molecular complexity index is 392. The standard InChI is InChI=1S/C15H26N2O2/c1-15(2,11-17-9-8-16-3)13-7-6-12(18-4)10-14(13)19-5/h6-7,10,16-17H,8-9,11H2,1-5H3. The maximum absolute atomic E-state index is 5.48. The van der Waals surface area contributed by atoms with Crippen molar-refractivity contribution >= 4 is 0 Å². The number of nitrogens with one attached hydrogen (secondary N) is 2. The molecule has 0 amide bonds. The molecule has 0 aromatic heterocycles. The summed E-state index contributed by atoms with van der Waals surface area (Å²) >= 11 is 0. The Morgan fingerprint density at radius 2 is 1.84 bits per heavy atom. The second kappa shape index (κ2) is 7.36. The van der Waals surface area contributed by atoms with Crippen molar-refractivity contribution in [2.75, 3.05) is 40.9 Å². The summed E-state index contributed by atoms with van der Waals surface area (Å²) in [6.07, 6.45) is 0. The first kappa shape index (κ1) is 15.8. The average Bonchev–Trinajstić information content (AvgIpc) is 2.42. The van der Waals surface area contributed by atoms with Gasteiger partial charge >= 0.3 is 0 Å². The number of benzene rings is 1. The van der Waals surface area contributed by atoms with E-state index in [0.29, 0.717) is 0 Å². The first-order valence-corrected chi connectivity index (χ1v) is 6.63. The van der Waals surface area contributed by atoms with Crippen molar-refractivity contribution in [1.82, 2.24) is 10.6 Å². The molecule has 4 nitrogen and oxygen atoms in total. The van der Waals surface area contributed by atoms with Crippen molar-refractivity contribution in [3.05, 3.63) is 23.8 Å². The topological polar surface area (TPSA) is 42.5 Å². The van der Waals surface area contributed by atoms with Crippen LogP contribution >= 0.6 is 0 Å². The van der Waals surface area contributed by atoms with Crippen LogP contribution in [0.15, 0.2) is 18.2 Å². The van der Waals surface area contributed by atoms with E-state index in [1.165, 1.54) is 5.56 Å². The SMILES string of the molecule is CNCCNCC(C)(C)c1ccc(OC)cc1OC. The lowest BCUT2D eigenvalue weighted by molar-refractivity contribution is 0.375. The van der Waals surface area contributed by atoms with Crippen molar-refractivity contribution in [3.8, 4) is 11.5 Å². The van der Waals surface area contributed by atoms with E-state index in [2.05, 4.69) is 30.5 Å². The van der Waals surface area contributed by atoms with Gasteiger partial charge in [0.25, 0.3) is 0 Å². The fourth-order valence-electron chi connectivity index (χ4n) is 2.07. The molecule has 1 aromatic carbocycles. The fourth-order valence-corrected chi connectivity index (χ4v) is 2.07. The number of hydrogen-bond acceptors (Lipinski definition) is 4. The zero-order valence-electron chi connectivity index (χ0n) is 12.7. The molecule has 0 radical (unpaired) electrons. The van der Waals surface area contributed by atoms with E-state index in [1.807, 2.05) is 19.2 Å². The molecule has 1 rings (SSSR count). The van der Waals surface area contributed by atoms with Gasteiger partial charge in [0.1, 0.15) is 11.5 Å². The zero-order chi connectivity index (χ0) is 14.3. The first-order chi connectivity index (χ1) is 9.05. The molecule has 0 atom stereocenters. The molecule has 0 aliphatic carbocycles. The molecule has 1 aromatic rings. The minimum atomic E-state index is 0.00531. The summed E-state index contributed by atoms with van der Waals surface area (Å²) < 4.78 is 10.7. The molecule has 0 saturated carbocycles. The highest BCUT2D eigenvalue weighted by atomic mass is 16.5. The van der Waals surface area contributed by atoms with Crippen LogP contribution in [0.25, 0.3) is 0 Å². The van der Waals surface area contributed by atoms with Crippen molar-refractivity contribution in [3.63, 3.8) is 0 Å². The van der Waals surface area contributed by atoms with E-state index >= 15 is 0 Å². The van der Waals surface area contributed by atoms with Gasteiger partial charge in [-0.25, -0.2) is 0 Å². The third-order valence-electron chi connectivity index (χ3n) is 3.26. The lowest BCUT2D eigenvalue weighted by Crippen LogP contribution is -2.36. The van der Waals surface area contributed by atoms with Gasteiger partial charge in [0.05, 0.1) is 14.2 Å². The quantitative estimate of drug-likeness (QED) is 0.704. The minimum Gasteiger partial charge on any atom is -0.497 e. The smallest absolute Gasteiger partial charge is 0.126 e. The fraction of sp³-hybridized carbons (Fsp3) is 0.600. The van der Waals surface area contributed by atoms with Crippen LogP contribution in [0.2, 0.25) is 0 Å². The van der Waals surface area contributed by atoms with Crippen LogP contribution in [0.3, 0.4) is 0 Å². The Hall–Kier alpha value is -1.26. The molecule has 4 heteroatoms. The number of methoxy groups -OCH3 is 2. The van der Waals surface area contributed by atoms with Gasteiger partial charge in [-0.3, -0.25) is 0 Å². The number of ether oxygens (including phenoxy) is 2. The second-order valence-electron chi connectivity index (χ2n) is 5.23. The Labute approximate surface area is 116 Å². The minimum absolute atomic E-state index is 0.00531. The summed E-state index contributed by atoms with van der Waals surface area (Å²) in [6, 6.07) is 6.00. The molecule has 0 bridgehead atoms. The second-order valence-corrected chi connectivity index (χ2v) is 5.23. The van der Waals surface area contributed by atoms with Crippen molar-refractivity contribution in [1.29, 1.82) is 0 Å². The predicted molar refractivity (Wildman–Crippen MR) is 79.4 cm³/mol. The summed E-state index contributed by atoms with van der Waals surface area (Å²) in [5.74, 6) is 1.69. The van der Waals surface area contributed by atoms with E-state index in [9.17, 15) is 0 Å². The molecule has 0 aliphatic rings. The molecule has 0 fully saturated rings. The third kappa shape index (κ3) is 4.40. The third-order valence-corrected chi connectivity index (χ3v) is 3.26. The molecule has 0 saturated heterocycles. The Kier molecular flexibility index (Phi) is 6.12. The number of likely N-dealkylation sites (N-methyl/N-ethyl adjacent to an activating group) is 1. The van der Waals surface area contributed by atoms with Crippen molar-refractivity contribution < 1.29 is 9.47 Å². The Morgan fingerprint density at radius 3 is 2.42 bits per heavy atom. The molecule has 0 spiro atoms. The van der Waals surface area contributed by atoms with E-state index in [4.69, 9.17) is 9.47 Å². The molecule has 0 heterocycles. The lowest BCUT2D eigenvalue weighted by Gasteiger charge is -2.28. The molecule has 2 N–H and O–H groups in total. The van der Waals surface area contributed by atoms with Gasteiger partial charge in [0, 0.05) is 36.7 Å². The van der Waals surface area contributed by atoms with Gasteiger partial charge in [-0.1, -0.05) is 19.9 Å². The zero-order valence-corrected chi connectivity index (χ0v) is 12.7. The highest BCUT2D eigenvalue weighted by Crippen LogP contribution is 2.33.